The largest absolute Gasteiger partial charge is 0.507 e. The summed E-state index contributed by atoms with van der Waals surface area (Å²) in [4.78, 5) is 0. The maximum atomic E-state index is 11.8. The fourth-order valence-electron chi connectivity index (χ4n) is 11.8. The summed E-state index contributed by atoms with van der Waals surface area (Å²) in [7, 11) is 0. The van der Waals surface area contributed by atoms with Crippen molar-refractivity contribution in [1.29, 1.82) is 0 Å². The first-order chi connectivity index (χ1) is 26.5. The Morgan fingerprint density at radius 3 is 0.567 bits per heavy atom. The van der Waals surface area contributed by atoms with Crippen molar-refractivity contribution in [3.05, 3.63) is 86.5 Å². The highest BCUT2D eigenvalue weighted by Gasteiger charge is 2.61. The SMILES string of the molecule is CC(C)(C)c1cc(CC2C(C)(C)C(Cc3cc(C(C)(C)C)c(O)c(C(C)(C)C)c3)C(C)(C)C(Cc3cc(C(C)(C)C)c(O)c(C(C)(C)C)c3)C2(C)C)cc(C(C)(C)C)c1O. The molecule has 1 saturated carbocycles. The first-order valence-electron chi connectivity index (χ1n) is 23.2. The molecule has 0 aromatic heterocycles. The molecule has 0 unspecified atom stereocenters. The molecule has 1 aliphatic carbocycles. The van der Waals surface area contributed by atoms with E-state index in [1.165, 1.54) is 16.7 Å². The van der Waals surface area contributed by atoms with Crippen molar-refractivity contribution in [2.45, 2.75) is 218 Å². The first kappa shape index (κ1) is 49.7. The fourth-order valence-corrected chi connectivity index (χ4v) is 11.8. The summed E-state index contributed by atoms with van der Waals surface area (Å²) in [6.07, 6.45) is 2.71. The maximum Gasteiger partial charge on any atom is 0.123 e. The van der Waals surface area contributed by atoms with Gasteiger partial charge >= 0.3 is 0 Å². The Kier molecular flexibility index (Phi) is 12.8. The van der Waals surface area contributed by atoms with Crippen molar-refractivity contribution >= 4 is 0 Å². The van der Waals surface area contributed by atoms with Crippen LogP contribution in [0.1, 0.15) is 216 Å². The van der Waals surface area contributed by atoms with Crippen molar-refractivity contribution in [2.24, 2.45) is 34.0 Å². The third-order valence-electron chi connectivity index (χ3n) is 15.1. The summed E-state index contributed by atoms with van der Waals surface area (Å²) in [6.45, 7) is 55.1. The van der Waals surface area contributed by atoms with E-state index >= 15 is 0 Å². The minimum atomic E-state index is -0.215. The second kappa shape index (κ2) is 15.4. The highest BCUT2D eigenvalue weighted by atomic mass is 16.3. The molecule has 4 rings (SSSR count). The summed E-state index contributed by atoms with van der Waals surface area (Å²) in [5, 5.41) is 35.4. The minimum absolute atomic E-state index is 0.102. The van der Waals surface area contributed by atoms with E-state index in [1.54, 1.807) is 0 Å². The van der Waals surface area contributed by atoms with Crippen LogP contribution in [0.15, 0.2) is 36.4 Å². The average molecular weight is 823 g/mol. The van der Waals surface area contributed by atoms with Gasteiger partial charge in [-0.2, -0.15) is 0 Å². The van der Waals surface area contributed by atoms with Gasteiger partial charge in [-0.05, 0) is 136 Å². The van der Waals surface area contributed by atoms with E-state index in [2.05, 4.69) is 203 Å². The molecule has 0 radical (unpaired) electrons. The third kappa shape index (κ3) is 9.66. The Bertz CT molecular complexity index is 1680. The van der Waals surface area contributed by atoms with Crippen LogP contribution in [0.4, 0.5) is 0 Å². The maximum absolute atomic E-state index is 11.8. The number of rotatable bonds is 6. The standard InChI is InChI=1S/C57H90O3/c1-49(2,3)37-25-34(26-38(46(37)58)50(4,5)6)31-43-55(19,20)44(32-35-27-39(51(7,8)9)47(59)40(28-35)52(10,11)12)57(23,24)45(56(43,21)22)33-36-29-41(53(13,14)15)48(60)42(30-36)54(16,17)18/h25-30,43-45,58-60H,31-33H2,1-24H3. The van der Waals surface area contributed by atoms with Gasteiger partial charge in [0.15, 0.2) is 0 Å². The van der Waals surface area contributed by atoms with Crippen LogP contribution in [0.3, 0.4) is 0 Å². The van der Waals surface area contributed by atoms with Crippen molar-refractivity contribution in [1.82, 2.24) is 0 Å². The molecular formula is C57H90O3. The smallest absolute Gasteiger partial charge is 0.123 e. The van der Waals surface area contributed by atoms with Gasteiger partial charge in [0.25, 0.3) is 0 Å². The number of hydrogen-bond donors (Lipinski definition) is 3. The van der Waals surface area contributed by atoms with Crippen LogP contribution in [0.25, 0.3) is 0 Å². The van der Waals surface area contributed by atoms with E-state index in [-0.39, 0.29) is 48.7 Å². The monoisotopic (exact) mass is 823 g/mol. The van der Waals surface area contributed by atoms with Gasteiger partial charge in [-0.25, -0.2) is 0 Å². The topological polar surface area (TPSA) is 60.7 Å². The van der Waals surface area contributed by atoms with Crippen molar-refractivity contribution < 1.29 is 15.3 Å². The quantitative estimate of drug-likeness (QED) is 0.232. The van der Waals surface area contributed by atoms with Gasteiger partial charge in [-0.1, -0.05) is 203 Å². The van der Waals surface area contributed by atoms with Crippen LogP contribution in [-0.2, 0) is 51.8 Å². The van der Waals surface area contributed by atoms with Gasteiger partial charge in [0.05, 0.1) is 0 Å². The Morgan fingerprint density at radius 1 is 0.317 bits per heavy atom. The molecule has 0 aliphatic heterocycles. The van der Waals surface area contributed by atoms with Crippen LogP contribution in [0, 0.1) is 34.0 Å². The molecule has 0 atom stereocenters. The van der Waals surface area contributed by atoms with Gasteiger partial charge in [-0.3, -0.25) is 0 Å². The van der Waals surface area contributed by atoms with E-state index in [9.17, 15) is 15.3 Å². The summed E-state index contributed by atoms with van der Waals surface area (Å²) < 4.78 is 0. The molecule has 0 spiro atoms. The second-order valence-corrected chi connectivity index (χ2v) is 27.4. The summed E-state index contributed by atoms with van der Waals surface area (Å²) >= 11 is 0. The zero-order valence-electron chi connectivity index (χ0n) is 43.2. The summed E-state index contributed by atoms with van der Waals surface area (Å²) in [6, 6.07) is 13.9. The Labute approximate surface area is 369 Å². The predicted molar refractivity (Wildman–Crippen MR) is 259 cm³/mol. The average Bonchev–Trinajstić information content (AvgIpc) is 3.02. The van der Waals surface area contributed by atoms with E-state index in [0.29, 0.717) is 35.0 Å². The zero-order valence-corrected chi connectivity index (χ0v) is 43.2. The van der Waals surface area contributed by atoms with Crippen molar-refractivity contribution in [3.8, 4) is 17.2 Å². The molecule has 1 aliphatic rings. The molecule has 1 fully saturated rings. The highest BCUT2D eigenvalue weighted by Crippen LogP contribution is 2.66. The Hall–Kier alpha value is -2.94. The number of hydrogen-bond acceptors (Lipinski definition) is 3. The number of aromatic hydroxyl groups is 3. The van der Waals surface area contributed by atoms with Crippen LogP contribution in [0.2, 0.25) is 0 Å². The lowest BCUT2D eigenvalue weighted by atomic mass is 9.39. The van der Waals surface area contributed by atoms with E-state index in [0.717, 1.165) is 52.6 Å². The van der Waals surface area contributed by atoms with E-state index < -0.39 is 0 Å². The molecule has 3 heteroatoms. The van der Waals surface area contributed by atoms with Crippen molar-refractivity contribution in [2.75, 3.05) is 0 Å². The zero-order chi connectivity index (χ0) is 46.5. The van der Waals surface area contributed by atoms with Crippen molar-refractivity contribution in [3.63, 3.8) is 0 Å². The third-order valence-corrected chi connectivity index (χ3v) is 15.1. The first-order valence-corrected chi connectivity index (χ1v) is 23.2. The molecule has 0 amide bonds. The minimum Gasteiger partial charge on any atom is -0.507 e. The van der Waals surface area contributed by atoms with Crippen LogP contribution < -0.4 is 0 Å². The molecule has 3 aromatic carbocycles. The number of phenolic OH excluding ortho intramolecular Hbond substituents is 3. The van der Waals surface area contributed by atoms with Gasteiger partial charge in [-0.15, -0.1) is 0 Å². The lowest BCUT2D eigenvalue weighted by Gasteiger charge is -2.65. The molecule has 60 heavy (non-hydrogen) atoms. The molecule has 0 saturated heterocycles. The predicted octanol–water partition coefficient (Wildman–Crippen LogP) is 15.6. The summed E-state index contributed by atoms with van der Waals surface area (Å²) in [5.74, 6) is 2.19. The Balaban J connectivity index is 2.07. The van der Waals surface area contributed by atoms with Gasteiger partial charge < -0.3 is 15.3 Å². The number of phenols is 3. The molecule has 336 valence electrons. The normalized spacial score (nSPS) is 21.3. The van der Waals surface area contributed by atoms with Crippen LogP contribution in [0.5, 0.6) is 17.2 Å². The second-order valence-electron chi connectivity index (χ2n) is 27.4. The lowest BCUT2D eigenvalue weighted by molar-refractivity contribution is -0.160. The molecule has 3 nitrogen and oxygen atoms in total. The van der Waals surface area contributed by atoms with E-state index in [4.69, 9.17) is 0 Å². The van der Waals surface area contributed by atoms with Gasteiger partial charge in [0.2, 0.25) is 0 Å². The summed E-state index contributed by atoms with van der Waals surface area (Å²) in [5.41, 5.74) is 8.43. The van der Waals surface area contributed by atoms with Gasteiger partial charge in [0.1, 0.15) is 17.2 Å². The van der Waals surface area contributed by atoms with Crippen LogP contribution >= 0.6 is 0 Å². The molecule has 3 N–H and O–H groups in total. The molecule has 3 aromatic rings. The lowest BCUT2D eigenvalue weighted by Crippen LogP contribution is -2.60. The van der Waals surface area contributed by atoms with Gasteiger partial charge in [0, 0.05) is 0 Å². The molecule has 0 bridgehead atoms. The number of benzene rings is 3. The van der Waals surface area contributed by atoms with Crippen LogP contribution in [-0.4, -0.2) is 15.3 Å². The Morgan fingerprint density at radius 2 is 0.450 bits per heavy atom. The fraction of sp³-hybridized carbons (Fsp3) is 0.684. The van der Waals surface area contributed by atoms with E-state index in [1.807, 2.05) is 0 Å². The highest BCUT2D eigenvalue weighted by molar-refractivity contribution is 5.53. The molecular weight excluding hydrogens is 733 g/mol. The molecule has 0 heterocycles.